The molecule has 0 aliphatic rings. The van der Waals surface area contributed by atoms with Gasteiger partial charge in [-0.1, -0.05) is 27.2 Å². The highest BCUT2D eigenvalue weighted by molar-refractivity contribution is 7.99. The second kappa shape index (κ2) is 8.01. The van der Waals surface area contributed by atoms with Crippen LogP contribution in [0.1, 0.15) is 46.5 Å². The van der Waals surface area contributed by atoms with Crippen LogP contribution in [-0.4, -0.2) is 17.0 Å². The smallest absolute Gasteiger partial charge is 0.104 e. The topological polar surface area (TPSA) is 49.8 Å². The van der Waals surface area contributed by atoms with Crippen molar-refractivity contribution in [3.05, 3.63) is 0 Å². The Bertz CT molecular complexity index is 200. The third-order valence-corrected chi connectivity index (χ3v) is 4.25. The molecule has 3 heteroatoms. The Hall–Kier alpha value is -0.200. The van der Waals surface area contributed by atoms with Crippen molar-refractivity contribution in [1.29, 1.82) is 5.26 Å². The molecule has 0 aliphatic carbocycles. The Balaban J connectivity index is 3.51. The fourth-order valence-corrected chi connectivity index (χ4v) is 2.36. The molecule has 2 nitrogen and oxygen atoms in total. The summed E-state index contributed by atoms with van der Waals surface area (Å²) in [5.41, 5.74) is 5.31. The van der Waals surface area contributed by atoms with Gasteiger partial charge < -0.3 is 5.73 Å². The summed E-state index contributed by atoms with van der Waals surface area (Å²) in [4.78, 5) is 0. The third kappa shape index (κ3) is 6.81. The summed E-state index contributed by atoms with van der Waals surface area (Å²) in [6.45, 7) is 6.49. The lowest BCUT2D eigenvalue weighted by molar-refractivity contribution is 0.478. The first-order valence-corrected chi connectivity index (χ1v) is 7.01. The summed E-state index contributed by atoms with van der Waals surface area (Å²) >= 11 is 1.98. The van der Waals surface area contributed by atoms with Gasteiger partial charge in [-0.2, -0.15) is 17.0 Å². The van der Waals surface area contributed by atoms with Crippen molar-refractivity contribution in [3.8, 4) is 6.07 Å². The first-order valence-electron chi connectivity index (χ1n) is 5.85. The predicted molar refractivity (Wildman–Crippen MR) is 68.8 cm³/mol. The minimum Gasteiger partial charge on any atom is -0.313 e. The zero-order valence-electron chi connectivity index (χ0n) is 10.3. The van der Waals surface area contributed by atoms with Gasteiger partial charge in [0, 0.05) is 0 Å². The Morgan fingerprint density at radius 3 is 2.60 bits per heavy atom. The highest BCUT2D eigenvalue weighted by Gasteiger charge is 2.20. The van der Waals surface area contributed by atoms with E-state index in [0.29, 0.717) is 0 Å². The zero-order chi connectivity index (χ0) is 11.7. The van der Waals surface area contributed by atoms with Crippen LogP contribution in [0.15, 0.2) is 0 Å². The van der Waals surface area contributed by atoms with Crippen LogP contribution in [0.25, 0.3) is 0 Å². The largest absolute Gasteiger partial charge is 0.313 e. The average molecular weight is 228 g/mol. The van der Waals surface area contributed by atoms with E-state index in [1.165, 1.54) is 12.2 Å². The minimum absolute atomic E-state index is 0.586. The van der Waals surface area contributed by atoms with Crippen molar-refractivity contribution in [3.63, 3.8) is 0 Å². The Kier molecular flexibility index (Phi) is 7.90. The van der Waals surface area contributed by atoms with E-state index in [2.05, 4.69) is 19.9 Å². The number of nitrogens with two attached hydrogens (primary N) is 1. The number of nitriles is 1. The van der Waals surface area contributed by atoms with Gasteiger partial charge in [0.2, 0.25) is 0 Å². The fourth-order valence-electron chi connectivity index (χ4n) is 1.20. The van der Waals surface area contributed by atoms with E-state index in [1.807, 2.05) is 18.7 Å². The van der Waals surface area contributed by atoms with Crippen molar-refractivity contribution < 1.29 is 0 Å². The van der Waals surface area contributed by atoms with Crippen LogP contribution < -0.4 is 5.73 Å². The molecule has 0 aliphatic heterocycles. The second-order valence-electron chi connectivity index (χ2n) is 4.31. The first kappa shape index (κ1) is 14.8. The van der Waals surface area contributed by atoms with Gasteiger partial charge >= 0.3 is 0 Å². The molecule has 0 amide bonds. The van der Waals surface area contributed by atoms with Crippen LogP contribution in [0.3, 0.4) is 0 Å². The summed E-state index contributed by atoms with van der Waals surface area (Å²) in [7, 11) is 0. The fraction of sp³-hybridized carbons (Fsp3) is 0.917. The molecule has 2 unspecified atom stereocenters. The molecule has 0 radical (unpaired) electrons. The molecule has 0 aromatic heterocycles. The maximum atomic E-state index is 8.89. The lowest BCUT2D eigenvalue weighted by atomic mass is 9.94. The van der Waals surface area contributed by atoms with Crippen molar-refractivity contribution >= 4 is 11.8 Å². The van der Waals surface area contributed by atoms with E-state index in [1.54, 1.807) is 0 Å². The quantitative estimate of drug-likeness (QED) is 0.649. The van der Waals surface area contributed by atoms with Gasteiger partial charge in [0.25, 0.3) is 0 Å². The predicted octanol–water partition coefficient (Wildman–Crippen LogP) is 3.18. The van der Waals surface area contributed by atoms with Crippen LogP contribution >= 0.6 is 11.8 Å². The van der Waals surface area contributed by atoms with Crippen LogP contribution in [-0.2, 0) is 0 Å². The maximum Gasteiger partial charge on any atom is 0.104 e. The van der Waals surface area contributed by atoms with E-state index in [4.69, 9.17) is 11.0 Å². The van der Waals surface area contributed by atoms with Gasteiger partial charge in [-0.25, -0.2) is 0 Å². The average Bonchev–Trinajstić information content (AvgIpc) is 2.27. The van der Waals surface area contributed by atoms with Crippen LogP contribution in [0.5, 0.6) is 0 Å². The van der Waals surface area contributed by atoms with E-state index in [-0.39, 0.29) is 0 Å². The normalized spacial score (nSPS) is 16.7. The molecule has 15 heavy (non-hydrogen) atoms. The van der Waals surface area contributed by atoms with Gasteiger partial charge in [0.15, 0.2) is 0 Å². The van der Waals surface area contributed by atoms with Gasteiger partial charge in [-0.15, -0.1) is 0 Å². The molecule has 0 aromatic carbocycles. The molecule has 88 valence electrons. The monoisotopic (exact) mass is 228 g/mol. The van der Waals surface area contributed by atoms with Gasteiger partial charge in [-0.3, -0.25) is 0 Å². The van der Waals surface area contributed by atoms with Crippen LogP contribution in [0, 0.1) is 17.2 Å². The molecular formula is C12H24N2S. The summed E-state index contributed by atoms with van der Waals surface area (Å²) < 4.78 is 0. The molecule has 0 saturated carbocycles. The molecular weight excluding hydrogens is 204 g/mol. The van der Waals surface area contributed by atoms with Crippen molar-refractivity contribution in [2.75, 3.05) is 11.5 Å². The third-order valence-electron chi connectivity index (χ3n) is 2.86. The summed E-state index contributed by atoms with van der Waals surface area (Å²) in [6, 6.07) is 2.21. The summed E-state index contributed by atoms with van der Waals surface area (Å²) in [5.74, 6) is 3.16. The van der Waals surface area contributed by atoms with E-state index >= 15 is 0 Å². The van der Waals surface area contributed by atoms with Gasteiger partial charge in [0.05, 0.1) is 6.07 Å². The van der Waals surface area contributed by atoms with E-state index in [0.717, 1.165) is 30.9 Å². The van der Waals surface area contributed by atoms with Crippen LogP contribution in [0.2, 0.25) is 0 Å². The zero-order valence-corrected chi connectivity index (χ0v) is 11.1. The van der Waals surface area contributed by atoms with Gasteiger partial charge in [-0.05, 0) is 36.7 Å². The SMILES string of the molecule is CCC(C)CSCCCC(N)(C#N)CC. The minimum atomic E-state index is -0.586. The van der Waals surface area contributed by atoms with Crippen molar-refractivity contribution in [1.82, 2.24) is 0 Å². The Morgan fingerprint density at radius 2 is 2.13 bits per heavy atom. The lowest BCUT2D eigenvalue weighted by Crippen LogP contribution is -2.37. The number of nitrogens with zero attached hydrogens (tertiary/aromatic N) is 1. The molecule has 0 heterocycles. The number of hydrogen-bond donors (Lipinski definition) is 1. The Morgan fingerprint density at radius 1 is 1.47 bits per heavy atom. The van der Waals surface area contributed by atoms with E-state index < -0.39 is 5.54 Å². The molecule has 0 aromatic rings. The molecule has 2 atom stereocenters. The number of hydrogen-bond acceptors (Lipinski definition) is 3. The standard InChI is InChI=1S/C12H24N2S/c1-4-11(3)9-15-8-6-7-12(14,5-2)10-13/h11H,4-9,14H2,1-3H3. The number of rotatable bonds is 8. The van der Waals surface area contributed by atoms with Crippen LogP contribution in [0.4, 0.5) is 0 Å². The number of thioether (sulfide) groups is 1. The highest BCUT2D eigenvalue weighted by atomic mass is 32.2. The molecule has 0 saturated heterocycles. The van der Waals surface area contributed by atoms with Gasteiger partial charge in [0.1, 0.15) is 5.54 Å². The first-order chi connectivity index (χ1) is 7.08. The summed E-state index contributed by atoms with van der Waals surface area (Å²) in [6.07, 6.45) is 3.88. The second-order valence-corrected chi connectivity index (χ2v) is 5.46. The van der Waals surface area contributed by atoms with Crippen molar-refractivity contribution in [2.24, 2.45) is 11.7 Å². The lowest BCUT2D eigenvalue weighted by Gasteiger charge is -2.18. The molecule has 0 rings (SSSR count). The maximum absolute atomic E-state index is 8.89. The molecule has 2 N–H and O–H groups in total. The molecule has 0 bridgehead atoms. The highest BCUT2D eigenvalue weighted by Crippen LogP contribution is 2.17. The van der Waals surface area contributed by atoms with E-state index in [9.17, 15) is 0 Å². The molecule has 0 fully saturated rings. The summed E-state index contributed by atoms with van der Waals surface area (Å²) in [5, 5.41) is 8.89. The molecule has 0 spiro atoms. The Labute approximate surface area is 98.6 Å². The van der Waals surface area contributed by atoms with Crippen molar-refractivity contribution in [2.45, 2.75) is 52.0 Å².